The molecule has 0 bridgehead atoms. The molecule has 2 N–H and O–H groups in total. The zero-order valence-electron chi connectivity index (χ0n) is 11.0. The Hall–Kier alpha value is -1.89. The molecule has 0 amide bonds. The molecule has 0 aliphatic heterocycles. The summed E-state index contributed by atoms with van der Waals surface area (Å²) in [5.74, 6) is -3.88. The van der Waals surface area contributed by atoms with Gasteiger partial charge in [0.15, 0.2) is 17.5 Å². The van der Waals surface area contributed by atoms with Gasteiger partial charge in [0.2, 0.25) is 11.7 Å². The van der Waals surface area contributed by atoms with Gasteiger partial charge < -0.3 is 10.3 Å². The van der Waals surface area contributed by atoms with E-state index >= 15 is 0 Å². The van der Waals surface area contributed by atoms with Crippen molar-refractivity contribution in [1.82, 2.24) is 10.1 Å². The van der Waals surface area contributed by atoms with Crippen LogP contribution < -0.4 is 5.73 Å². The molecule has 108 valence electrons. The smallest absolute Gasteiger partial charge is 0.244 e. The van der Waals surface area contributed by atoms with E-state index in [9.17, 15) is 13.2 Å². The first kappa shape index (κ1) is 14.5. The molecule has 20 heavy (non-hydrogen) atoms. The summed E-state index contributed by atoms with van der Waals surface area (Å²) in [4.78, 5) is 4.00. The molecule has 2 rings (SSSR count). The maximum absolute atomic E-state index is 13.1. The molecule has 4 nitrogen and oxygen atoms in total. The van der Waals surface area contributed by atoms with Gasteiger partial charge in [-0.05, 0) is 18.1 Å². The number of hydrogen-bond acceptors (Lipinski definition) is 4. The maximum atomic E-state index is 13.1. The highest BCUT2D eigenvalue weighted by Gasteiger charge is 2.21. The van der Waals surface area contributed by atoms with Crippen LogP contribution in [0, 0.1) is 23.4 Å². The minimum Gasteiger partial charge on any atom is -0.337 e. The van der Waals surface area contributed by atoms with Crippen LogP contribution in [0.5, 0.6) is 0 Å². The van der Waals surface area contributed by atoms with Crippen molar-refractivity contribution >= 4 is 0 Å². The van der Waals surface area contributed by atoms with Gasteiger partial charge in [0.25, 0.3) is 0 Å². The van der Waals surface area contributed by atoms with Gasteiger partial charge in [-0.25, -0.2) is 13.2 Å². The van der Waals surface area contributed by atoms with Crippen LogP contribution in [0.4, 0.5) is 13.2 Å². The third-order valence-electron chi connectivity index (χ3n) is 3.23. The molecule has 1 aromatic heterocycles. The lowest BCUT2D eigenvalue weighted by atomic mass is 10.0. The Kier molecular flexibility index (Phi) is 4.08. The zero-order valence-corrected chi connectivity index (χ0v) is 11.0. The minimum absolute atomic E-state index is 0.00671. The van der Waals surface area contributed by atoms with E-state index in [1.54, 1.807) is 0 Å². The summed E-state index contributed by atoms with van der Waals surface area (Å²) >= 11 is 0. The van der Waals surface area contributed by atoms with E-state index < -0.39 is 23.5 Å². The molecule has 0 aliphatic carbocycles. The van der Waals surface area contributed by atoms with E-state index in [0.29, 0.717) is 0 Å². The molecule has 1 aromatic carbocycles. The van der Waals surface area contributed by atoms with Crippen LogP contribution in [0.25, 0.3) is 11.4 Å². The van der Waals surface area contributed by atoms with Crippen LogP contribution in [0.1, 0.15) is 32.2 Å². The number of halogens is 3. The second kappa shape index (κ2) is 5.62. The van der Waals surface area contributed by atoms with Gasteiger partial charge in [0.05, 0.1) is 6.04 Å². The molecule has 2 aromatic rings. The highest BCUT2D eigenvalue weighted by molar-refractivity contribution is 5.54. The van der Waals surface area contributed by atoms with E-state index in [-0.39, 0.29) is 23.2 Å². The van der Waals surface area contributed by atoms with Crippen molar-refractivity contribution in [2.24, 2.45) is 11.7 Å². The molecule has 0 radical (unpaired) electrons. The quantitative estimate of drug-likeness (QED) is 0.876. The van der Waals surface area contributed by atoms with Crippen LogP contribution in [0.2, 0.25) is 0 Å². The molecule has 0 unspecified atom stereocenters. The second-order valence-corrected chi connectivity index (χ2v) is 4.62. The Labute approximate surface area is 113 Å². The standard InChI is InChI=1S/C13H14F3N3O/c1-3-6(2)11(17)13-18-12(19-20-13)7-4-8(14)10(16)9(15)5-7/h4-6,11H,3,17H2,1-2H3/t6-,11-/m0/s1. The third-order valence-corrected chi connectivity index (χ3v) is 3.23. The van der Waals surface area contributed by atoms with Crippen molar-refractivity contribution in [3.63, 3.8) is 0 Å². The van der Waals surface area contributed by atoms with Crippen LogP contribution >= 0.6 is 0 Å². The van der Waals surface area contributed by atoms with Gasteiger partial charge in [-0.3, -0.25) is 0 Å². The maximum Gasteiger partial charge on any atom is 0.244 e. The molecule has 0 saturated heterocycles. The minimum atomic E-state index is -1.53. The Morgan fingerprint density at radius 2 is 1.85 bits per heavy atom. The lowest BCUT2D eigenvalue weighted by Crippen LogP contribution is -2.18. The van der Waals surface area contributed by atoms with Crippen molar-refractivity contribution in [3.8, 4) is 11.4 Å². The molecule has 1 heterocycles. The Morgan fingerprint density at radius 1 is 1.25 bits per heavy atom. The van der Waals surface area contributed by atoms with E-state index in [1.165, 1.54) is 0 Å². The summed E-state index contributed by atoms with van der Waals surface area (Å²) in [5, 5.41) is 3.61. The predicted octanol–water partition coefficient (Wildman–Crippen LogP) is 3.20. The van der Waals surface area contributed by atoms with Crippen molar-refractivity contribution in [2.45, 2.75) is 26.3 Å². The van der Waals surface area contributed by atoms with Crippen LogP contribution in [0.3, 0.4) is 0 Å². The lowest BCUT2D eigenvalue weighted by molar-refractivity contribution is 0.312. The lowest BCUT2D eigenvalue weighted by Gasteiger charge is -2.12. The van der Waals surface area contributed by atoms with Crippen molar-refractivity contribution in [1.29, 1.82) is 0 Å². The molecule has 0 spiro atoms. The summed E-state index contributed by atoms with van der Waals surface area (Å²) in [6, 6.07) is 1.15. The van der Waals surface area contributed by atoms with Crippen LogP contribution in [-0.2, 0) is 0 Å². The third kappa shape index (κ3) is 2.67. The van der Waals surface area contributed by atoms with Crippen LogP contribution in [0.15, 0.2) is 16.7 Å². The molecule has 2 atom stereocenters. The number of rotatable bonds is 4. The number of aromatic nitrogens is 2. The molecule has 0 aliphatic rings. The van der Waals surface area contributed by atoms with E-state index in [2.05, 4.69) is 10.1 Å². The molecule has 0 fully saturated rings. The SMILES string of the molecule is CC[C@H](C)[C@H](N)c1nc(-c2cc(F)c(F)c(F)c2)no1. The van der Waals surface area contributed by atoms with Gasteiger partial charge in [0, 0.05) is 5.56 Å². The fourth-order valence-corrected chi connectivity index (χ4v) is 1.67. The summed E-state index contributed by atoms with van der Waals surface area (Å²) in [6.45, 7) is 3.89. The van der Waals surface area contributed by atoms with E-state index in [0.717, 1.165) is 18.6 Å². The van der Waals surface area contributed by atoms with Gasteiger partial charge >= 0.3 is 0 Å². The average molecular weight is 285 g/mol. The summed E-state index contributed by atoms with van der Waals surface area (Å²) in [7, 11) is 0. The molecular formula is C13H14F3N3O. The van der Waals surface area contributed by atoms with Crippen LogP contribution in [-0.4, -0.2) is 10.1 Å². The van der Waals surface area contributed by atoms with E-state index in [1.807, 2.05) is 13.8 Å². The summed E-state index contributed by atoms with van der Waals surface area (Å²) in [5.41, 5.74) is 5.91. The average Bonchev–Trinajstić information content (AvgIpc) is 2.92. The summed E-state index contributed by atoms with van der Waals surface area (Å²) in [6.07, 6.45) is 0.818. The first-order valence-electron chi connectivity index (χ1n) is 6.18. The second-order valence-electron chi connectivity index (χ2n) is 4.62. The Morgan fingerprint density at radius 3 is 2.40 bits per heavy atom. The fraction of sp³-hybridized carbons (Fsp3) is 0.385. The topological polar surface area (TPSA) is 64.9 Å². The molecular weight excluding hydrogens is 271 g/mol. The first-order valence-corrected chi connectivity index (χ1v) is 6.18. The van der Waals surface area contributed by atoms with Crippen molar-refractivity contribution in [3.05, 3.63) is 35.5 Å². The van der Waals surface area contributed by atoms with Gasteiger partial charge in [-0.15, -0.1) is 0 Å². The Bertz CT molecular complexity index is 592. The first-order chi connectivity index (χ1) is 9.43. The zero-order chi connectivity index (χ0) is 14.9. The number of nitrogens with zero attached hydrogens (tertiary/aromatic N) is 2. The van der Waals surface area contributed by atoms with E-state index in [4.69, 9.17) is 10.3 Å². The number of benzene rings is 1. The number of hydrogen-bond donors (Lipinski definition) is 1. The van der Waals surface area contributed by atoms with Gasteiger partial charge in [-0.1, -0.05) is 25.4 Å². The predicted molar refractivity (Wildman–Crippen MR) is 66.0 cm³/mol. The highest BCUT2D eigenvalue weighted by atomic mass is 19.2. The summed E-state index contributed by atoms with van der Waals surface area (Å²) < 4.78 is 44.2. The largest absolute Gasteiger partial charge is 0.337 e. The van der Waals surface area contributed by atoms with Crippen molar-refractivity contribution < 1.29 is 17.7 Å². The Balaban J connectivity index is 2.34. The number of nitrogens with two attached hydrogens (primary N) is 1. The molecule has 0 saturated carbocycles. The van der Waals surface area contributed by atoms with Gasteiger partial charge in [-0.2, -0.15) is 4.98 Å². The van der Waals surface area contributed by atoms with Gasteiger partial charge in [0.1, 0.15) is 0 Å². The van der Waals surface area contributed by atoms with Crippen molar-refractivity contribution in [2.75, 3.05) is 0 Å². The fourth-order valence-electron chi connectivity index (χ4n) is 1.67. The highest BCUT2D eigenvalue weighted by Crippen LogP contribution is 2.25. The monoisotopic (exact) mass is 285 g/mol. The normalized spacial score (nSPS) is 14.3. The molecule has 7 heteroatoms.